The van der Waals surface area contributed by atoms with E-state index in [4.69, 9.17) is 14.7 Å². The van der Waals surface area contributed by atoms with Gasteiger partial charge in [-0.2, -0.15) is 5.26 Å². The quantitative estimate of drug-likeness (QED) is 0.840. The first-order valence-electron chi connectivity index (χ1n) is 8.24. The number of benzene rings is 1. The predicted molar refractivity (Wildman–Crippen MR) is 92.9 cm³/mol. The number of methoxy groups -OCH3 is 1. The molecule has 0 radical (unpaired) electrons. The Bertz CT molecular complexity index is 694. The van der Waals surface area contributed by atoms with Crippen LogP contribution in [-0.4, -0.2) is 24.8 Å². The second-order valence-electron chi connectivity index (χ2n) is 7.48. The zero-order valence-electron chi connectivity index (χ0n) is 15.1. The molecule has 2 rings (SSSR count). The average Bonchev–Trinajstić information content (AvgIpc) is 2.48. The zero-order chi connectivity index (χ0) is 18.7. The summed E-state index contributed by atoms with van der Waals surface area (Å²) in [4.78, 5) is 23.8. The zero-order valence-corrected chi connectivity index (χ0v) is 15.1. The molecule has 0 unspecified atom stereocenters. The number of hydrogen-bond donors (Lipinski definition) is 1. The number of nitrogens with zero attached hydrogens (tertiary/aromatic N) is 1. The van der Waals surface area contributed by atoms with Gasteiger partial charge in [0.15, 0.2) is 0 Å². The highest BCUT2D eigenvalue weighted by molar-refractivity contribution is 5.85. The minimum absolute atomic E-state index is 0.0628. The van der Waals surface area contributed by atoms with Gasteiger partial charge in [-0.05, 0) is 51.3 Å². The van der Waals surface area contributed by atoms with E-state index in [0.29, 0.717) is 18.5 Å². The lowest BCUT2D eigenvalue weighted by atomic mass is 9.57. The number of carbonyl (C=O) groups is 2. The Morgan fingerprint density at radius 1 is 1.36 bits per heavy atom. The molecule has 25 heavy (non-hydrogen) atoms. The molecule has 1 aromatic rings. The van der Waals surface area contributed by atoms with Crippen molar-refractivity contribution in [3.63, 3.8) is 0 Å². The molecule has 1 N–H and O–H groups in total. The van der Waals surface area contributed by atoms with Crippen LogP contribution in [0, 0.1) is 17.2 Å². The molecule has 0 atom stereocenters. The predicted octanol–water partition coefficient (Wildman–Crippen LogP) is 3.77. The molecule has 0 saturated heterocycles. The van der Waals surface area contributed by atoms with Gasteiger partial charge < -0.3 is 9.47 Å². The summed E-state index contributed by atoms with van der Waals surface area (Å²) in [5.74, 6) is -0.367. The molecule has 1 aliphatic rings. The van der Waals surface area contributed by atoms with Crippen LogP contribution in [-0.2, 0) is 19.7 Å². The lowest BCUT2D eigenvalue weighted by Gasteiger charge is -2.45. The van der Waals surface area contributed by atoms with Gasteiger partial charge in [-0.3, -0.25) is 10.1 Å². The van der Waals surface area contributed by atoms with Gasteiger partial charge in [0.2, 0.25) is 0 Å². The average molecular weight is 344 g/mol. The third kappa shape index (κ3) is 4.72. The van der Waals surface area contributed by atoms with Crippen LogP contribution in [0.25, 0.3) is 0 Å². The monoisotopic (exact) mass is 344 g/mol. The molecule has 0 aromatic heterocycles. The number of hydrogen-bond acceptors (Lipinski definition) is 5. The number of rotatable bonds is 4. The Hall–Kier alpha value is -2.55. The Labute approximate surface area is 148 Å². The number of nitrogens with one attached hydrogen (secondary N) is 1. The third-order valence-electron chi connectivity index (χ3n) is 4.29. The number of amides is 1. The topological polar surface area (TPSA) is 88.4 Å². The first kappa shape index (κ1) is 18.8. The van der Waals surface area contributed by atoms with E-state index in [1.54, 1.807) is 26.8 Å². The van der Waals surface area contributed by atoms with E-state index >= 15 is 0 Å². The molecule has 1 saturated carbocycles. The van der Waals surface area contributed by atoms with Crippen LogP contribution < -0.4 is 5.32 Å². The molecular weight excluding hydrogens is 320 g/mol. The molecule has 6 heteroatoms. The normalized spacial score (nSPS) is 22.3. The molecule has 1 fully saturated rings. The van der Waals surface area contributed by atoms with E-state index < -0.39 is 17.1 Å². The van der Waals surface area contributed by atoms with Gasteiger partial charge in [-0.25, -0.2) is 4.79 Å². The van der Waals surface area contributed by atoms with Gasteiger partial charge in [0.25, 0.3) is 0 Å². The summed E-state index contributed by atoms with van der Waals surface area (Å²) < 4.78 is 10.1. The van der Waals surface area contributed by atoms with Crippen LogP contribution >= 0.6 is 0 Å². The van der Waals surface area contributed by atoms with Gasteiger partial charge in [0, 0.05) is 17.0 Å². The molecular formula is C19H24N2O4. The van der Waals surface area contributed by atoms with Crippen molar-refractivity contribution in [1.82, 2.24) is 0 Å². The standard InChI is InChI=1S/C19H24N2O4/c1-18(2,3)25-17(23)21-15-7-5-6-14(8-15)19(11-16(22)24-4)9-13(10-19)12-20/h5-8,13H,9-11H2,1-4H3,(H,21,23). The molecule has 0 heterocycles. The maximum atomic E-state index is 11.9. The smallest absolute Gasteiger partial charge is 0.412 e. The van der Waals surface area contributed by atoms with Crippen LogP contribution in [0.4, 0.5) is 10.5 Å². The molecule has 1 amide bonds. The third-order valence-corrected chi connectivity index (χ3v) is 4.29. The van der Waals surface area contributed by atoms with Crippen LogP contribution in [0.5, 0.6) is 0 Å². The van der Waals surface area contributed by atoms with E-state index in [2.05, 4.69) is 11.4 Å². The van der Waals surface area contributed by atoms with Crippen molar-refractivity contribution in [3.05, 3.63) is 29.8 Å². The first-order valence-corrected chi connectivity index (χ1v) is 8.24. The SMILES string of the molecule is COC(=O)CC1(c2cccc(NC(=O)OC(C)(C)C)c2)CC(C#N)C1. The van der Waals surface area contributed by atoms with Crippen molar-refractivity contribution in [2.24, 2.45) is 5.92 Å². The molecule has 1 aliphatic carbocycles. The lowest BCUT2D eigenvalue weighted by Crippen LogP contribution is -2.42. The lowest BCUT2D eigenvalue weighted by molar-refractivity contribution is -0.143. The van der Waals surface area contributed by atoms with Gasteiger partial charge in [-0.1, -0.05) is 12.1 Å². The van der Waals surface area contributed by atoms with Gasteiger partial charge in [0.05, 0.1) is 19.6 Å². The first-order chi connectivity index (χ1) is 11.7. The highest BCUT2D eigenvalue weighted by Gasteiger charge is 2.47. The highest BCUT2D eigenvalue weighted by atomic mass is 16.6. The number of carbonyl (C=O) groups excluding carboxylic acids is 2. The van der Waals surface area contributed by atoms with Crippen LogP contribution in [0.15, 0.2) is 24.3 Å². The summed E-state index contributed by atoms with van der Waals surface area (Å²) in [6.45, 7) is 5.39. The minimum Gasteiger partial charge on any atom is -0.469 e. The van der Waals surface area contributed by atoms with Crippen LogP contribution in [0.2, 0.25) is 0 Å². The molecule has 0 aliphatic heterocycles. The van der Waals surface area contributed by atoms with Crippen LogP contribution in [0.1, 0.15) is 45.6 Å². The summed E-state index contributed by atoms with van der Waals surface area (Å²) in [5.41, 5.74) is 0.510. The molecule has 1 aromatic carbocycles. The van der Waals surface area contributed by atoms with Crippen molar-refractivity contribution in [2.75, 3.05) is 12.4 Å². The fourth-order valence-corrected chi connectivity index (χ4v) is 3.15. The summed E-state index contributed by atoms with van der Waals surface area (Å²) >= 11 is 0. The van der Waals surface area contributed by atoms with Crippen LogP contribution in [0.3, 0.4) is 0 Å². The Morgan fingerprint density at radius 3 is 2.60 bits per heavy atom. The Balaban J connectivity index is 2.19. The fraction of sp³-hybridized carbons (Fsp3) is 0.526. The second-order valence-corrected chi connectivity index (χ2v) is 7.48. The number of anilines is 1. The van der Waals surface area contributed by atoms with Gasteiger partial charge in [0.1, 0.15) is 5.60 Å². The molecule has 0 spiro atoms. The summed E-state index contributed by atoms with van der Waals surface area (Å²) in [7, 11) is 1.36. The van der Waals surface area contributed by atoms with Crippen molar-refractivity contribution < 1.29 is 19.1 Å². The largest absolute Gasteiger partial charge is 0.469 e. The van der Waals surface area contributed by atoms with E-state index in [0.717, 1.165) is 5.56 Å². The van der Waals surface area contributed by atoms with E-state index in [-0.39, 0.29) is 18.3 Å². The summed E-state index contributed by atoms with van der Waals surface area (Å²) in [5, 5.41) is 11.8. The van der Waals surface area contributed by atoms with Gasteiger partial charge in [-0.15, -0.1) is 0 Å². The summed E-state index contributed by atoms with van der Waals surface area (Å²) in [6, 6.07) is 9.58. The maximum absolute atomic E-state index is 11.9. The summed E-state index contributed by atoms with van der Waals surface area (Å²) in [6.07, 6.45) is 0.899. The molecule has 6 nitrogen and oxygen atoms in total. The van der Waals surface area contributed by atoms with Crippen molar-refractivity contribution in [1.29, 1.82) is 5.26 Å². The number of ether oxygens (including phenoxy) is 2. The molecule has 134 valence electrons. The van der Waals surface area contributed by atoms with E-state index in [1.807, 2.05) is 18.2 Å². The highest BCUT2D eigenvalue weighted by Crippen LogP contribution is 2.50. The molecule has 0 bridgehead atoms. The van der Waals surface area contributed by atoms with Crippen molar-refractivity contribution in [2.45, 2.75) is 51.0 Å². The Morgan fingerprint density at radius 2 is 2.04 bits per heavy atom. The van der Waals surface area contributed by atoms with Crippen molar-refractivity contribution >= 4 is 17.7 Å². The van der Waals surface area contributed by atoms with E-state index in [1.165, 1.54) is 7.11 Å². The second kappa shape index (κ2) is 7.14. The van der Waals surface area contributed by atoms with Crippen molar-refractivity contribution in [3.8, 4) is 6.07 Å². The van der Waals surface area contributed by atoms with E-state index in [9.17, 15) is 9.59 Å². The Kier molecular flexibility index (Phi) is 5.36. The number of nitriles is 1. The van der Waals surface area contributed by atoms with Gasteiger partial charge >= 0.3 is 12.1 Å². The number of esters is 1. The minimum atomic E-state index is -0.582. The maximum Gasteiger partial charge on any atom is 0.412 e. The fourth-order valence-electron chi connectivity index (χ4n) is 3.15.